The van der Waals surface area contributed by atoms with Crippen molar-refractivity contribution in [1.82, 2.24) is 10.3 Å². The highest BCUT2D eigenvalue weighted by molar-refractivity contribution is 7.17. The maximum absolute atomic E-state index is 12.2. The molecule has 2 rings (SSSR count). The Morgan fingerprint density at radius 1 is 1.75 bits per heavy atom. The Kier molecular flexibility index (Phi) is 4.77. The van der Waals surface area contributed by atoms with Crippen molar-refractivity contribution in [2.24, 2.45) is 5.41 Å². The van der Waals surface area contributed by atoms with Crippen LogP contribution in [-0.4, -0.2) is 35.2 Å². The molecule has 2 atom stereocenters. The lowest BCUT2D eigenvalue weighted by Crippen LogP contribution is -2.44. The lowest BCUT2D eigenvalue weighted by Gasteiger charge is -2.29. The maximum Gasteiger partial charge on any atom is 0.263 e. The molecule has 0 aliphatic heterocycles. The third kappa shape index (κ3) is 3.19. The molecule has 3 N–H and O–H groups in total. The molecule has 110 valence electrons. The van der Waals surface area contributed by atoms with E-state index in [1.54, 1.807) is 12.3 Å². The van der Waals surface area contributed by atoms with Crippen LogP contribution in [-0.2, 0) is 0 Å². The number of aromatic nitrogens is 1. The van der Waals surface area contributed by atoms with Gasteiger partial charge in [-0.15, -0.1) is 6.58 Å². The van der Waals surface area contributed by atoms with Crippen molar-refractivity contribution in [3.05, 3.63) is 23.7 Å². The molecule has 1 aromatic rings. The first kappa shape index (κ1) is 15.0. The Morgan fingerprint density at radius 2 is 2.55 bits per heavy atom. The van der Waals surface area contributed by atoms with Crippen molar-refractivity contribution in [1.29, 1.82) is 0 Å². The van der Waals surface area contributed by atoms with Crippen LogP contribution < -0.4 is 10.6 Å². The number of hydrogen-bond acceptors (Lipinski definition) is 5. The molecule has 5 nitrogen and oxygen atoms in total. The van der Waals surface area contributed by atoms with Gasteiger partial charge in [0.05, 0.1) is 12.8 Å². The average molecular weight is 295 g/mol. The number of nitrogens with zero attached hydrogens (tertiary/aromatic N) is 1. The number of hydrogen-bond donors (Lipinski definition) is 3. The molecule has 2 unspecified atom stereocenters. The fourth-order valence-electron chi connectivity index (χ4n) is 2.52. The first-order chi connectivity index (χ1) is 9.59. The zero-order valence-corrected chi connectivity index (χ0v) is 12.5. The topological polar surface area (TPSA) is 74.2 Å². The normalized spacial score (nSPS) is 25.4. The molecule has 1 saturated carbocycles. The van der Waals surface area contributed by atoms with Crippen LogP contribution in [0, 0.1) is 5.41 Å². The molecule has 1 aliphatic rings. The van der Waals surface area contributed by atoms with Crippen molar-refractivity contribution in [2.45, 2.75) is 32.2 Å². The highest BCUT2D eigenvalue weighted by Gasteiger charge is 2.39. The van der Waals surface area contributed by atoms with Crippen molar-refractivity contribution in [2.75, 3.05) is 18.5 Å². The Bertz CT molecular complexity index is 489. The van der Waals surface area contributed by atoms with Gasteiger partial charge in [-0.1, -0.05) is 30.8 Å². The summed E-state index contributed by atoms with van der Waals surface area (Å²) >= 11 is 1.33. The number of nitrogens with one attached hydrogen (secondary N) is 2. The third-order valence-corrected chi connectivity index (χ3v) is 4.83. The minimum Gasteiger partial charge on any atom is -0.396 e. The molecule has 1 aliphatic carbocycles. The number of carbonyl (C=O) groups is 1. The van der Waals surface area contributed by atoms with E-state index < -0.39 is 0 Å². The number of anilines is 1. The average Bonchev–Trinajstić information content (AvgIpc) is 3.05. The highest BCUT2D eigenvalue weighted by Crippen LogP contribution is 2.37. The minimum atomic E-state index is -0.204. The van der Waals surface area contributed by atoms with Crippen LogP contribution in [0.4, 0.5) is 5.13 Å². The van der Waals surface area contributed by atoms with Crippen LogP contribution in [0.1, 0.15) is 35.9 Å². The van der Waals surface area contributed by atoms with Gasteiger partial charge in [0, 0.05) is 18.0 Å². The number of aliphatic hydroxyl groups excluding tert-OH is 1. The van der Waals surface area contributed by atoms with Gasteiger partial charge in [-0.05, 0) is 12.8 Å². The molecule has 6 heteroatoms. The van der Waals surface area contributed by atoms with Crippen molar-refractivity contribution < 1.29 is 9.90 Å². The van der Waals surface area contributed by atoms with Gasteiger partial charge in [0.1, 0.15) is 4.88 Å². The largest absolute Gasteiger partial charge is 0.396 e. The van der Waals surface area contributed by atoms with Gasteiger partial charge in [0.2, 0.25) is 0 Å². The summed E-state index contributed by atoms with van der Waals surface area (Å²) in [4.78, 5) is 17.0. The van der Waals surface area contributed by atoms with Crippen LogP contribution in [0.25, 0.3) is 0 Å². The second-order valence-electron chi connectivity index (χ2n) is 5.43. The molecule has 1 fully saturated rings. The zero-order valence-electron chi connectivity index (χ0n) is 11.7. The molecule has 20 heavy (non-hydrogen) atoms. The summed E-state index contributed by atoms with van der Waals surface area (Å²) < 4.78 is 0. The highest BCUT2D eigenvalue weighted by atomic mass is 32.1. The van der Waals surface area contributed by atoms with E-state index in [9.17, 15) is 9.90 Å². The van der Waals surface area contributed by atoms with E-state index in [2.05, 4.69) is 22.2 Å². The standard InChI is InChI=1S/C14H21N3O2S/c1-3-7-15-13-16-8-10(20-13)12(19)17-11-5-4-6-14(11,2)9-18/h3,8,11,18H,1,4-7,9H2,2H3,(H,15,16)(H,17,19). The van der Waals surface area contributed by atoms with Gasteiger partial charge >= 0.3 is 0 Å². The van der Waals surface area contributed by atoms with Crippen molar-refractivity contribution in [3.63, 3.8) is 0 Å². The molecular formula is C14H21N3O2S. The van der Waals surface area contributed by atoms with E-state index >= 15 is 0 Å². The lowest BCUT2D eigenvalue weighted by molar-refractivity contribution is 0.0834. The summed E-state index contributed by atoms with van der Waals surface area (Å²) in [5.41, 5.74) is -0.204. The van der Waals surface area contributed by atoms with Gasteiger partial charge in [0.15, 0.2) is 5.13 Å². The van der Waals surface area contributed by atoms with E-state index in [1.807, 2.05) is 6.92 Å². The van der Waals surface area contributed by atoms with Crippen LogP contribution >= 0.6 is 11.3 Å². The number of thiazole rings is 1. The molecule has 0 aromatic carbocycles. The van der Waals surface area contributed by atoms with Gasteiger partial charge < -0.3 is 15.7 Å². The van der Waals surface area contributed by atoms with E-state index in [0.717, 1.165) is 19.3 Å². The molecular weight excluding hydrogens is 274 g/mol. The van der Waals surface area contributed by atoms with Crippen LogP contribution in [0.3, 0.4) is 0 Å². The third-order valence-electron chi connectivity index (χ3n) is 3.88. The Labute approximate surface area is 123 Å². The van der Waals surface area contributed by atoms with Gasteiger partial charge in [-0.2, -0.15) is 0 Å². The second kappa shape index (κ2) is 6.37. The maximum atomic E-state index is 12.2. The summed E-state index contributed by atoms with van der Waals surface area (Å²) in [5.74, 6) is -0.110. The van der Waals surface area contributed by atoms with E-state index in [1.165, 1.54) is 11.3 Å². The molecule has 1 heterocycles. The fourth-order valence-corrected chi connectivity index (χ4v) is 3.24. The van der Waals surface area contributed by atoms with Crippen LogP contribution in [0.15, 0.2) is 18.9 Å². The SMILES string of the molecule is C=CCNc1ncc(C(=O)NC2CCCC2(C)CO)s1. The van der Waals surface area contributed by atoms with Gasteiger partial charge in [-0.25, -0.2) is 4.98 Å². The monoisotopic (exact) mass is 295 g/mol. The molecule has 0 bridgehead atoms. The zero-order chi connectivity index (χ0) is 14.6. The molecule has 0 spiro atoms. The first-order valence-electron chi connectivity index (χ1n) is 6.81. The lowest BCUT2D eigenvalue weighted by atomic mass is 9.86. The van der Waals surface area contributed by atoms with Crippen LogP contribution in [0.2, 0.25) is 0 Å². The number of aliphatic hydroxyl groups is 1. The molecule has 1 aromatic heterocycles. The Hall–Kier alpha value is -1.40. The van der Waals surface area contributed by atoms with Crippen molar-refractivity contribution >= 4 is 22.4 Å². The predicted octanol–water partition coefficient (Wildman–Crippen LogP) is 2.02. The van der Waals surface area contributed by atoms with E-state index in [4.69, 9.17) is 0 Å². The van der Waals surface area contributed by atoms with Crippen molar-refractivity contribution in [3.8, 4) is 0 Å². The minimum absolute atomic E-state index is 0.0340. The summed E-state index contributed by atoms with van der Waals surface area (Å²) in [7, 11) is 0. The van der Waals surface area contributed by atoms with E-state index in [-0.39, 0.29) is 24.0 Å². The summed E-state index contributed by atoms with van der Waals surface area (Å²) in [6.45, 7) is 6.37. The Balaban J connectivity index is 1.97. The summed E-state index contributed by atoms with van der Waals surface area (Å²) in [6.07, 6.45) is 6.23. The predicted molar refractivity (Wildman–Crippen MR) is 81.1 cm³/mol. The number of rotatable bonds is 6. The molecule has 0 radical (unpaired) electrons. The second-order valence-corrected chi connectivity index (χ2v) is 6.46. The number of amides is 1. The molecule has 0 saturated heterocycles. The summed E-state index contributed by atoms with van der Waals surface area (Å²) in [6, 6.07) is 0.0340. The summed E-state index contributed by atoms with van der Waals surface area (Å²) in [5, 5.41) is 16.3. The first-order valence-corrected chi connectivity index (χ1v) is 7.63. The van der Waals surface area contributed by atoms with Gasteiger partial charge in [0.25, 0.3) is 5.91 Å². The smallest absolute Gasteiger partial charge is 0.263 e. The fraction of sp³-hybridized carbons (Fsp3) is 0.571. The quantitative estimate of drug-likeness (QED) is 0.702. The van der Waals surface area contributed by atoms with E-state index in [0.29, 0.717) is 16.6 Å². The Morgan fingerprint density at radius 3 is 3.25 bits per heavy atom. The number of carbonyl (C=O) groups excluding carboxylic acids is 1. The molecule has 1 amide bonds. The van der Waals surface area contributed by atoms with Gasteiger partial charge in [-0.3, -0.25) is 4.79 Å². The van der Waals surface area contributed by atoms with Crippen LogP contribution in [0.5, 0.6) is 0 Å².